The van der Waals surface area contributed by atoms with Gasteiger partial charge in [-0.3, -0.25) is 4.79 Å². The molecule has 164 valence electrons. The molecule has 4 nitrogen and oxygen atoms in total. The number of amides is 1. The number of carbonyl (C=O) groups is 1. The van der Waals surface area contributed by atoms with Crippen LogP contribution < -0.4 is 5.32 Å². The molecular weight excluding hydrogens is 438 g/mol. The maximum Gasteiger partial charge on any atom is 0.434 e. The van der Waals surface area contributed by atoms with Crippen molar-refractivity contribution < 1.29 is 39.9 Å². The summed E-state index contributed by atoms with van der Waals surface area (Å²) in [5.74, 6) is -3.97. The summed E-state index contributed by atoms with van der Waals surface area (Å²) < 4.78 is 106. The van der Waals surface area contributed by atoms with Crippen LogP contribution in [0, 0.1) is 11.6 Å². The van der Waals surface area contributed by atoms with Crippen LogP contribution in [0.25, 0.3) is 5.69 Å². The molecule has 1 heterocycles. The number of aromatic nitrogens is 2. The van der Waals surface area contributed by atoms with Crippen LogP contribution in [0.2, 0.25) is 0 Å². The fourth-order valence-electron chi connectivity index (χ4n) is 2.74. The molecule has 0 atom stereocenters. The van der Waals surface area contributed by atoms with Gasteiger partial charge in [0.25, 0.3) is 5.91 Å². The molecule has 0 unspecified atom stereocenters. The number of carbonyl (C=O) groups excluding carboxylic acids is 1. The van der Waals surface area contributed by atoms with E-state index in [0.717, 1.165) is 24.3 Å². The molecular formula is C19H11F8N3O. The molecule has 1 amide bonds. The van der Waals surface area contributed by atoms with Crippen molar-refractivity contribution in [1.29, 1.82) is 0 Å². The van der Waals surface area contributed by atoms with Crippen molar-refractivity contribution in [2.75, 3.05) is 0 Å². The van der Waals surface area contributed by atoms with Crippen LogP contribution in [0.1, 0.15) is 27.2 Å². The lowest BCUT2D eigenvalue weighted by Crippen LogP contribution is -2.26. The number of halogens is 8. The van der Waals surface area contributed by atoms with E-state index in [1.807, 2.05) is 0 Å². The predicted octanol–water partition coefficient (Wildman–Crippen LogP) is 5.12. The molecule has 12 heteroatoms. The van der Waals surface area contributed by atoms with Gasteiger partial charge in [0.2, 0.25) is 0 Å². The van der Waals surface area contributed by atoms with Gasteiger partial charge in [-0.2, -0.15) is 31.4 Å². The Labute approximate surface area is 169 Å². The van der Waals surface area contributed by atoms with Gasteiger partial charge in [-0.1, -0.05) is 12.1 Å². The Kier molecular flexibility index (Phi) is 5.74. The first-order chi connectivity index (χ1) is 14.4. The van der Waals surface area contributed by atoms with Crippen molar-refractivity contribution in [3.05, 3.63) is 82.7 Å². The van der Waals surface area contributed by atoms with Crippen LogP contribution in [-0.4, -0.2) is 15.7 Å². The molecule has 0 aliphatic carbocycles. The van der Waals surface area contributed by atoms with Crippen LogP contribution in [-0.2, 0) is 18.9 Å². The van der Waals surface area contributed by atoms with Gasteiger partial charge in [0, 0.05) is 12.6 Å². The molecule has 0 aliphatic heterocycles. The molecule has 0 fully saturated rings. The van der Waals surface area contributed by atoms with E-state index in [0.29, 0.717) is 18.3 Å². The van der Waals surface area contributed by atoms with E-state index in [4.69, 9.17) is 0 Å². The second kappa shape index (κ2) is 8.00. The van der Waals surface area contributed by atoms with E-state index in [-0.39, 0.29) is 10.2 Å². The van der Waals surface area contributed by atoms with Gasteiger partial charge in [-0.15, -0.1) is 0 Å². The fraction of sp³-hybridized carbons (Fsp3) is 0.158. The number of hydrogen-bond acceptors (Lipinski definition) is 2. The average Bonchev–Trinajstić information content (AvgIpc) is 3.13. The summed E-state index contributed by atoms with van der Waals surface area (Å²) in [5, 5.41) is 5.54. The van der Waals surface area contributed by atoms with Gasteiger partial charge in [0.1, 0.15) is 0 Å². The SMILES string of the molecule is O=C(NCc1cccc(C(F)(F)F)c1)c1cnn(-c2ccc(F)c(F)c2)c1C(F)(F)F. The van der Waals surface area contributed by atoms with Crippen LogP contribution in [0.5, 0.6) is 0 Å². The molecule has 0 saturated heterocycles. The number of hydrogen-bond donors (Lipinski definition) is 1. The monoisotopic (exact) mass is 449 g/mol. The van der Waals surface area contributed by atoms with Crippen LogP contribution in [0.4, 0.5) is 35.1 Å². The third kappa shape index (κ3) is 4.84. The van der Waals surface area contributed by atoms with Gasteiger partial charge in [-0.25, -0.2) is 13.5 Å². The Balaban J connectivity index is 1.90. The van der Waals surface area contributed by atoms with E-state index < -0.39 is 58.9 Å². The zero-order valence-corrected chi connectivity index (χ0v) is 15.2. The standard InChI is InChI=1S/C19H11F8N3O/c20-14-5-4-12(7-15(14)21)30-16(19(25,26)27)13(9-29-30)17(31)28-8-10-2-1-3-11(6-10)18(22,23)24/h1-7,9H,8H2,(H,28,31). The molecule has 2 aromatic carbocycles. The predicted molar refractivity (Wildman–Crippen MR) is 91.1 cm³/mol. The minimum Gasteiger partial charge on any atom is -0.348 e. The maximum atomic E-state index is 13.6. The highest BCUT2D eigenvalue weighted by molar-refractivity contribution is 5.95. The van der Waals surface area contributed by atoms with Gasteiger partial charge >= 0.3 is 12.4 Å². The summed E-state index contributed by atoms with van der Waals surface area (Å²) in [6.45, 7) is -0.490. The topological polar surface area (TPSA) is 46.9 Å². The number of alkyl halides is 6. The van der Waals surface area contributed by atoms with E-state index in [1.54, 1.807) is 0 Å². The minimum atomic E-state index is -5.11. The maximum absolute atomic E-state index is 13.6. The van der Waals surface area contributed by atoms with Crippen LogP contribution in [0.15, 0.2) is 48.7 Å². The van der Waals surface area contributed by atoms with Crippen molar-refractivity contribution in [3.8, 4) is 5.69 Å². The number of benzene rings is 2. The summed E-state index contributed by atoms with van der Waals surface area (Å²) in [5.41, 5.74) is -3.96. The quantitative estimate of drug-likeness (QED) is 0.563. The van der Waals surface area contributed by atoms with Gasteiger partial charge in [-0.05, 0) is 29.8 Å². The molecule has 0 aliphatic rings. The zero-order chi connectivity index (χ0) is 23.0. The lowest BCUT2D eigenvalue weighted by Gasteiger charge is -2.13. The van der Waals surface area contributed by atoms with E-state index in [2.05, 4.69) is 10.4 Å². The largest absolute Gasteiger partial charge is 0.434 e. The molecule has 31 heavy (non-hydrogen) atoms. The Morgan fingerprint density at radius 1 is 0.935 bits per heavy atom. The summed E-state index contributed by atoms with van der Waals surface area (Å²) >= 11 is 0. The third-order valence-electron chi connectivity index (χ3n) is 4.14. The van der Waals surface area contributed by atoms with Crippen LogP contribution >= 0.6 is 0 Å². The highest BCUT2D eigenvalue weighted by Gasteiger charge is 2.40. The Morgan fingerprint density at radius 2 is 1.65 bits per heavy atom. The summed E-state index contributed by atoms with van der Waals surface area (Å²) in [6.07, 6.45) is -9.16. The van der Waals surface area contributed by atoms with E-state index >= 15 is 0 Å². The first-order valence-electron chi connectivity index (χ1n) is 8.43. The van der Waals surface area contributed by atoms with E-state index in [9.17, 15) is 39.9 Å². The van der Waals surface area contributed by atoms with Gasteiger partial charge < -0.3 is 5.32 Å². The van der Waals surface area contributed by atoms with Gasteiger partial charge in [0.05, 0.1) is 23.0 Å². The smallest absolute Gasteiger partial charge is 0.348 e. The number of nitrogens with zero attached hydrogens (tertiary/aromatic N) is 2. The zero-order valence-electron chi connectivity index (χ0n) is 15.2. The average molecular weight is 449 g/mol. The molecule has 3 rings (SSSR count). The van der Waals surface area contributed by atoms with Gasteiger partial charge in [0.15, 0.2) is 17.3 Å². The highest BCUT2D eigenvalue weighted by atomic mass is 19.4. The Bertz CT molecular complexity index is 1120. The number of rotatable bonds is 4. The molecule has 0 saturated carbocycles. The Hall–Kier alpha value is -3.44. The Morgan fingerprint density at radius 3 is 2.26 bits per heavy atom. The summed E-state index contributed by atoms with van der Waals surface area (Å²) in [6, 6.07) is 5.80. The molecule has 1 N–H and O–H groups in total. The first kappa shape index (κ1) is 22.2. The van der Waals surface area contributed by atoms with Crippen molar-refractivity contribution in [3.63, 3.8) is 0 Å². The van der Waals surface area contributed by atoms with Crippen molar-refractivity contribution in [2.24, 2.45) is 0 Å². The molecule has 3 aromatic rings. The molecule has 0 spiro atoms. The lowest BCUT2D eigenvalue weighted by atomic mass is 10.1. The highest BCUT2D eigenvalue weighted by Crippen LogP contribution is 2.34. The minimum absolute atomic E-state index is 0.00438. The van der Waals surface area contributed by atoms with E-state index in [1.165, 1.54) is 6.07 Å². The normalized spacial score (nSPS) is 12.1. The summed E-state index contributed by atoms with van der Waals surface area (Å²) in [7, 11) is 0. The second-order valence-electron chi connectivity index (χ2n) is 6.30. The molecule has 1 aromatic heterocycles. The summed E-state index contributed by atoms with van der Waals surface area (Å²) in [4.78, 5) is 12.3. The third-order valence-corrected chi connectivity index (χ3v) is 4.14. The van der Waals surface area contributed by atoms with Crippen LogP contribution in [0.3, 0.4) is 0 Å². The number of nitrogens with one attached hydrogen (secondary N) is 1. The molecule has 0 radical (unpaired) electrons. The first-order valence-corrected chi connectivity index (χ1v) is 8.43. The van der Waals surface area contributed by atoms with Crippen molar-refractivity contribution in [1.82, 2.24) is 15.1 Å². The van der Waals surface area contributed by atoms with Crippen molar-refractivity contribution >= 4 is 5.91 Å². The fourth-order valence-corrected chi connectivity index (χ4v) is 2.74. The lowest BCUT2D eigenvalue weighted by molar-refractivity contribution is -0.143. The second-order valence-corrected chi connectivity index (χ2v) is 6.30. The van der Waals surface area contributed by atoms with Crippen molar-refractivity contribution in [2.45, 2.75) is 18.9 Å². The molecule has 0 bridgehead atoms.